The van der Waals surface area contributed by atoms with E-state index in [9.17, 15) is 4.79 Å². The number of amides is 1. The van der Waals surface area contributed by atoms with Crippen LogP contribution in [-0.4, -0.2) is 28.0 Å². The van der Waals surface area contributed by atoms with Crippen molar-refractivity contribution in [3.8, 4) is 0 Å². The second kappa shape index (κ2) is 6.14. The number of hydrogen-bond acceptors (Lipinski definition) is 4. The van der Waals surface area contributed by atoms with Crippen molar-refractivity contribution >= 4 is 28.5 Å². The fraction of sp³-hybridized carbons (Fsp3) is 0.308. The lowest BCUT2D eigenvalue weighted by Gasteiger charge is -2.15. The van der Waals surface area contributed by atoms with Crippen LogP contribution in [0.2, 0.25) is 0 Å². The Morgan fingerprint density at radius 2 is 2.16 bits per heavy atom. The third kappa shape index (κ3) is 3.31. The van der Waals surface area contributed by atoms with E-state index in [1.165, 1.54) is 0 Å². The first-order valence-electron chi connectivity index (χ1n) is 5.93. The molecule has 0 spiro atoms. The van der Waals surface area contributed by atoms with E-state index in [0.29, 0.717) is 23.8 Å². The Bertz CT molecular complexity index is 583. The van der Waals surface area contributed by atoms with Crippen LogP contribution >= 0.6 is 22.6 Å². The van der Waals surface area contributed by atoms with E-state index >= 15 is 0 Å². The summed E-state index contributed by atoms with van der Waals surface area (Å²) in [6, 6.07) is 7.48. The fourth-order valence-corrected chi connectivity index (χ4v) is 2.23. The summed E-state index contributed by atoms with van der Waals surface area (Å²) in [5.41, 5.74) is 0.681. The highest BCUT2D eigenvalue weighted by Gasteiger charge is 2.17. The van der Waals surface area contributed by atoms with Gasteiger partial charge < -0.3 is 9.42 Å². The second-order valence-corrected chi connectivity index (χ2v) is 5.26. The van der Waals surface area contributed by atoms with Crippen LogP contribution in [0.5, 0.6) is 0 Å². The highest BCUT2D eigenvalue weighted by atomic mass is 127. The third-order valence-electron chi connectivity index (χ3n) is 2.65. The zero-order valence-corrected chi connectivity index (χ0v) is 12.9. The normalized spacial score (nSPS) is 10.5. The van der Waals surface area contributed by atoms with Gasteiger partial charge in [-0.25, -0.2) is 0 Å². The molecule has 1 heterocycles. The Labute approximate surface area is 125 Å². The summed E-state index contributed by atoms with van der Waals surface area (Å²) in [7, 11) is 1.72. The van der Waals surface area contributed by atoms with Gasteiger partial charge in [-0.3, -0.25) is 4.79 Å². The molecule has 1 aromatic heterocycles. The maximum absolute atomic E-state index is 12.3. The molecule has 0 bridgehead atoms. The van der Waals surface area contributed by atoms with Gasteiger partial charge >= 0.3 is 0 Å². The lowest BCUT2D eigenvalue weighted by molar-refractivity contribution is 0.0768. The van der Waals surface area contributed by atoms with Gasteiger partial charge in [0.15, 0.2) is 5.82 Å². The summed E-state index contributed by atoms with van der Waals surface area (Å²) >= 11 is 2.15. The Morgan fingerprint density at radius 3 is 2.79 bits per heavy atom. The van der Waals surface area contributed by atoms with Gasteiger partial charge in [0.2, 0.25) is 5.89 Å². The highest BCUT2D eigenvalue weighted by Crippen LogP contribution is 2.14. The fourth-order valence-electron chi connectivity index (χ4n) is 1.61. The molecule has 2 aromatic rings. The van der Waals surface area contributed by atoms with E-state index in [1.807, 2.05) is 31.2 Å². The highest BCUT2D eigenvalue weighted by molar-refractivity contribution is 14.1. The molecule has 0 aliphatic heterocycles. The van der Waals surface area contributed by atoms with Crippen LogP contribution in [0.15, 0.2) is 28.8 Å². The maximum atomic E-state index is 12.3. The molecule has 100 valence electrons. The molecule has 2 rings (SSSR count). The van der Waals surface area contributed by atoms with Gasteiger partial charge in [0, 0.05) is 17.0 Å². The predicted octanol–water partition coefficient (Wildman–Crippen LogP) is 2.51. The molecule has 0 saturated carbocycles. The molecule has 19 heavy (non-hydrogen) atoms. The third-order valence-corrected chi connectivity index (χ3v) is 3.59. The molecule has 5 nitrogen and oxygen atoms in total. The van der Waals surface area contributed by atoms with Gasteiger partial charge in [-0.05, 0) is 34.7 Å². The van der Waals surface area contributed by atoms with Gasteiger partial charge in [-0.1, -0.05) is 24.2 Å². The number of nitrogens with zero attached hydrogens (tertiary/aromatic N) is 3. The number of benzene rings is 1. The van der Waals surface area contributed by atoms with Gasteiger partial charge in [0.25, 0.3) is 5.91 Å². The molecular formula is C13H14IN3O2. The van der Waals surface area contributed by atoms with Crippen molar-refractivity contribution < 1.29 is 9.32 Å². The molecule has 0 atom stereocenters. The summed E-state index contributed by atoms with van der Waals surface area (Å²) in [6.45, 7) is 2.27. The molecular weight excluding hydrogens is 357 g/mol. The Balaban J connectivity index is 2.09. The van der Waals surface area contributed by atoms with Gasteiger partial charge in [-0.15, -0.1) is 0 Å². The van der Waals surface area contributed by atoms with E-state index in [1.54, 1.807) is 11.9 Å². The van der Waals surface area contributed by atoms with Crippen molar-refractivity contribution in [1.29, 1.82) is 0 Å². The van der Waals surface area contributed by atoms with Crippen LogP contribution in [-0.2, 0) is 13.0 Å². The number of aryl methyl sites for hydroxylation is 1. The zero-order chi connectivity index (χ0) is 13.8. The lowest BCUT2D eigenvalue weighted by Crippen LogP contribution is -2.27. The number of aromatic nitrogens is 2. The van der Waals surface area contributed by atoms with Crippen LogP contribution < -0.4 is 0 Å². The first-order valence-corrected chi connectivity index (χ1v) is 7.01. The van der Waals surface area contributed by atoms with E-state index in [2.05, 4.69) is 32.7 Å². The molecule has 0 N–H and O–H groups in total. The minimum atomic E-state index is -0.0544. The molecule has 0 fully saturated rings. The standard InChI is InChI=1S/C13H14IN3O2/c1-3-11-15-12(19-16-11)8-17(2)13(18)9-6-4-5-7-10(9)14/h4-7H,3,8H2,1-2H3. The summed E-state index contributed by atoms with van der Waals surface area (Å²) in [5, 5.41) is 3.81. The largest absolute Gasteiger partial charge is 0.337 e. The molecule has 0 radical (unpaired) electrons. The van der Waals surface area contributed by atoms with E-state index in [0.717, 1.165) is 9.99 Å². The summed E-state index contributed by atoms with van der Waals surface area (Å²) < 4.78 is 6.01. The van der Waals surface area contributed by atoms with E-state index in [-0.39, 0.29) is 5.91 Å². The number of rotatable bonds is 4. The first-order chi connectivity index (χ1) is 9.11. The summed E-state index contributed by atoms with van der Waals surface area (Å²) in [5.74, 6) is 1.06. The number of hydrogen-bond donors (Lipinski definition) is 0. The molecule has 1 aromatic carbocycles. The summed E-state index contributed by atoms with van der Waals surface area (Å²) in [4.78, 5) is 18.0. The van der Waals surface area contributed by atoms with Crippen molar-refractivity contribution in [3.05, 3.63) is 45.1 Å². The summed E-state index contributed by atoms with van der Waals surface area (Å²) in [6.07, 6.45) is 0.720. The van der Waals surface area contributed by atoms with E-state index < -0.39 is 0 Å². The topological polar surface area (TPSA) is 59.2 Å². The monoisotopic (exact) mass is 371 g/mol. The minimum Gasteiger partial charge on any atom is -0.337 e. The number of halogens is 1. The van der Waals surface area contributed by atoms with Crippen molar-refractivity contribution in [1.82, 2.24) is 15.0 Å². The van der Waals surface area contributed by atoms with E-state index in [4.69, 9.17) is 4.52 Å². The minimum absolute atomic E-state index is 0.0544. The average Bonchev–Trinajstić information content (AvgIpc) is 2.86. The van der Waals surface area contributed by atoms with Crippen molar-refractivity contribution in [2.75, 3.05) is 7.05 Å². The van der Waals surface area contributed by atoms with Crippen LogP contribution in [0.4, 0.5) is 0 Å². The smallest absolute Gasteiger partial charge is 0.255 e. The Morgan fingerprint density at radius 1 is 1.42 bits per heavy atom. The number of carbonyl (C=O) groups is 1. The van der Waals surface area contributed by atoms with Crippen molar-refractivity contribution in [2.45, 2.75) is 19.9 Å². The lowest BCUT2D eigenvalue weighted by atomic mass is 10.2. The molecule has 0 unspecified atom stereocenters. The maximum Gasteiger partial charge on any atom is 0.255 e. The number of carbonyl (C=O) groups excluding carboxylic acids is 1. The molecule has 0 aliphatic carbocycles. The predicted molar refractivity (Wildman–Crippen MR) is 78.6 cm³/mol. The Hall–Kier alpha value is -1.44. The van der Waals surface area contributed by atoms with Crippen LogP contribution in [0.1, 0.15) is 29.0 Å². The second-order valence-electron chi connectivity index (χ2n) is 4.10. The van der Waals surface area contributed by atoms with Crippen LogP contribution in [0, 0.1) is 3.57 Å². The first kappa shape index (κ1) is 14.0. The van der Waals surface area contributed by atoms with Crippen LogP contribution in [0.3, 0.4) is 0 Å². The van der Waals surface area contributed by atoms with Gasteiger partial charge in [0.05, 0.1) is 12.1 Å². The van der Waals surface area contributed by atoms with Crippen LogP contribution in [0.25, 0.3) is 0 Å². The molecule has 0 saturated heterocycles. The van der Waals surface area contributed by atoms with Crippen molar-refractivity contribution in [3.63, 3.8) is 0 Å². The molecule has 0 aliphatic rings. The average molecular weight is 371 g/mol. The molecule has 1 amide bonds. The van der Waals surface area contributed by atoms with Gasteiger partial charge in [0.1, 0.15) is 0 Å². The molecule has 6 heteroatoms. The van der Waals surface area contributed by atoms with Gasteiger partial charge in [-0.2, -0.15) is 4.98 Å². The quantitative estimate of drug-likeness (QED) is 0.775. The SMILES string of the molecule is CCc1noc(CN(C)C(=O)c2ccccc2I)n1. The van der Waals surface area contributed by atoms with Crippen molar-refractivity contribution in [2.24, 2.45) is 0 Å². The zero-order valence-electron chi connectivity index (χ0n) is 10.8. The Kier molecular flexibility index (Phi) is 4.52.